The van der Waals surface area contributed by atoms with Gasteiger partial charge >= 0.3 is 0 Å². The summed E-state index contributed by atoms with van der Waals surface area (Å²) in [7, 11) is 0. The van der Waals surface area contributed by atoms with E-state index in [4.69, 9.17) is 0 Å². The molecule has 26 heavy (non-hydrogen) atoms. The Labute approximate surface area is 154 Å². The van der Waals surface area contributed by atoms with Crippen molar-refractivity contribution in [2.75, 3.05) is 0 Å². The molecule has 0 bridgehead atoms. The molecule has 2 aromatic heterocycles. The van der Waals surface area contributed by atoms with Crippen LogP contribution in [0.3, 0.4) is 0 Å². The number of aromatic nitrogens is 1. The average molecular weight is 349 g/mol. The van der Waals surface area contributed by atoms with Crippen molar-refractivity contribution in [1.29, 1.82) is 0 Å². The largest absolute Gasteiger partial charge is 0.354 e. The quantitative estimate of drug-likeness (QED) is 0.319. The summed E-state index contributed by atoms with van der Waals surface area (Å²) in [5.41, 5.74) is 4.99. The molecule has 1 nitrogen and oxygen atoms in total. The smallest absolute Gasteiger partial charge is 0.0545 e. The number of aromatic amines is 1. The summed E-state index contributed by atoms with van der Waals surface area (Å²) < 4.78 is 2.71. The first-order chi connectivity index (χ1) is 12.9. The van der Waals surface area contributed by atoms with Gasteiger partial charge in [-0.05, 0) is 12.1 Å². The molecule has 0 saturated heterocycles. The van der Waals surface area contributed by atoms with Gasteiger partial charge in [-0.2, -0.15) is 0 Å². The van der Waals surface area contributed by atoms with Crippen molar-refractivity contribution in [3.05, 3.63) is 84.9 Å². The minimum atomic E-state index is 1.19. The summed E-state index contributed by atoms with van der Waals surface area (Å²) >= 11 is 1.88. The van der Waals surface area contributed by atoms with Crippen LogP contribution in [0.4, 0.5) is 0 Å². The van der Waals surface area contributed by atoms with Gasteiger partial charge in [0.2, 0.25) is 0 Å². The summed E-state index contributed by atoms with van der Waals surface area (Å²) in [6.45, 7) is 0. The highest BCUT2D eigenvalue weighted by Crippen LogP contribution is 2.42. The SMILES string of the molecule is c1ccc2c(c1)[nH]c1c(-c3cccc4c3sc3ccccc34)cccc12. The first-order valence-corrected chi connectivity index (χ1v) is 9.62. The number of nitrogens with one attached hydrogen (secondary N) is 1. The van der Waals surface area contributed by atoms with Gasteiger partial charge in [0.1, 0.15) is 0 Å². The van der Waals surface area contributed by atoms with Crippen molar-refractivity contribution in [2.24, 2.45) is 0 Å². The van der Waals surface area contributed by atoms with Gasteiger partial charge in [0.05, 0.1) is 5.52 Å². The Hall–Kier alpha value is -3.10. The van der Waals surface area contributed by atoms with Crippen LogP contribution < -0.4 is 0 Å². The molecule has 0 radical (unpaired) electrons. The summed E-state index contributed by atoms with van der Waals surface area (Å²) in [5.74, 6) is 0. The molecule has 122 valence electrons. The molecule has 0 unspecified atom stereocenters. The molecule has 6 aromatic rings. The van der Waals surface area contributed by atoms with E-state index in [0.29, 0.717) is 0 Å². The van der Waals surface area contributed by atoms with E-state index >= 15 is 0 Å². The van der Waals surface area contributed by atoms with Crippen molar-refractivity contribution >= 4 is 53.3 Å². The normalized spacial score (nSPS) is 11.8. The first kappa shape index (κ1) is 14.1. The fraction of sp³-hybridized carbons (Fsp3) is 0. The van der Waals surface area contributed by atoms with Crippen LogP contribution in [0.1, 0.15) is 0 Å². The molecule has 4 aromatic carbocycles. The molecule has 0 atom stereocenters. The van der Waals surface area contributed by atoms with Crippen molar-refractivity contribution < 1.29 is 0 Å². The fourth-order valence-corrected chi connectivity index (χ4v) is 5.29. The lowest BCUT2D eigenvalue weighted by molar-refractivity contribution is 1.54. The van der Waals surface area contributed by atoms with Gasteiger partial charge < -0.3 is 4.98 Å². The maximum Gasteiger partial charge on any atom is 0.0545 e. The highest BCUT2D eigenvalue weighted by Gasteiger charge is 2.14. The van der Waals surface area contributed by atoms with Gasteiger partial charge in [0.15, 0.2) is 0 Å². The number of hydrogen-bond acceptors (Lipinski definition) is 1. The molecular formula is C24H15NS. The third-order valence-electron chi connectivity index (χ3n) is 5.24. The number of para-hydroxylation sites is 2. The van der Waals surface area contributed by atoms with E-state index in [9.17, 15) is 0 Å². The van der Waals surface area contributed by atoms with E-state index in [1.54, 1.807) is 0 Å². The second-order valence-corrected chi connectivity index (χ2v) is 7.73. The van der Waals surface area contributed by atoms with Gasteiger partial charge in [0, 0.05) is 47.6 Å². The number of fused-ring (bicyclic) bond motifs is 6. The Balaban J connectivity index is 1.76. The van der Waals surface area contributed by atoms with Gasteiger partial charge in [0.25, 0.3) is 0 Å². The lowest BCUT2D eigenvalue weighted by Crippen LogP contribution is -1.81. The third kappa shape index (κ3) is 1.85. The summed E-state index contributed by atoms with van der Waals surface area (Å²) in [5, 5.41) is 5.26. The number of H-pyrrole nitrogens is 1. The Morgan fingerprint density at radius 1 is 0.538 bits per heavy atom. The lowest BCUT2D eigenvalue weighted by Gasteiger charge is -2.05. The molecule has 0 aliphatic carbocycles. The third-order valence-corrected chi connectivity index (χ3v) is 6.46. The average Bonchev–Trinajstić information content (AvgIpc) is 3.26. The van der Waals surface area contributed by atoms with Gasteiger partial charge in [-0.15, -0.1) is 11.3 Å². The minimum Gasteiger partial charge on any atom is -0.354 e. The molecular weight excluding hydrogens is 334 g/mol. The molecule has 0 fully saturated rings. The second kappa shape index (κ2) is 5.20. The van der Waals surface area contributed by atoms with E-state index in [1.165, 1.54) is 53.1 Å². The van der Waals surface area contributed by atoms with Gasteiger partial charge in [-0.1, -0.05) is 72.8 Å². The van der Waals surface area contributed by atoms with Crippen LogP contribution in [0.5, 0.6) is 0 Å². The van der Waals surface area contributed by atoms with Crippen LogP contribution in [0.15, 0.2) is 84.9 Å². The maximum absolute atomic E-state index is 3.65. The van der Waals surface area contributed by atoms with Crippen molar-refractivity contribution in [1.82, 2.24) is 4.98 Å². The van der Waals surface area contributed by atoms with E-state index in [2.05, 4.69) is 89.9 Å². The Morgan fingerprint density at radius 3 is 2.15 bits per heavy atom. The first-order valence-electron chi connectivity index (χ1n) is 8.80. The maximum atomic E-state index is 3.65. The van der Waals surface area contributed by atoms with E-state index in [0.717, 1.165) is 0 Å². The zero-order valence-corrected chi connectivity index (χ0v) is 14.8. The molecule has 0 aliphatic rings. The zero-order chi connectivity index (χ0) is 17.1. The van der Waals surface area contributed by atoms with Crippen LogP contribution in [-0.4, -0.2) is 4.98 Å². The number of rotatable bonds is 1. The second-order valence-electron chi connectivity index (χ2n) is 6.68. The van der Waals surface area contributed by atoms with Crippen LogP contribution >= 0.6 is 11.3 Å². The Bertz CT molecular complexity index is 1320. The predicted octanol–water partition coefficient (Wildman–Crippen LogP) is 7.36. The molecule has 2 heterocycles. The highest BCUT2D eigenvalue weighted by molar-refractivity contribution is 7.26. The number of benzene rings is 4. The summed E-state index contributed by atoms with van der Waals surface area (Å²) in [6, 6.07) is 30.5. The molecule has 6 rings (SSSR count). The van der Waals surface area contributed by atoms with E-state index in [1.807, 2.05) is 11.3 Å². The molecule has 0 amide bonds. The van der Waals surface area contributed by atoms with E-state index < -0.39 is 0 Å². The number of thiophene rings is 1. The molecule has 1 N–H and O–H groups in total. The van der Waals surface area contributed by atoms with Crippen LogP contribution in [0, 0.1) is 0 Å². The van der Waals surface area contributed by atoms with Crippen molar-refractivity contribution in [3.8, 4) is 11.1 Å². The standard InChI is InChI=1S/C24H15NS/c1-3-13-21-15(7-1)17-9-5-10-18(23(17)25-21)20-12-6-11-19-16-8-2-4-14-22(16)26-24(19)20/h1-14,25H. The van der Waals surface area contributed by atoms with Gasteiger partial charge in [-0.25, -0.2) is 0 Å². The summed E-state index contributed by atoms with van der Waals surface area (Å²) in [6.07, 6.45) is 0. The molecule has 0 spiro atoms. The van der Waals surface area contributed by atoms with Crippen molar-refractivity contribution in [2.45, 2.75) is 0 Å². The fourth-order valence-electron chi connectivity index (χ4n) is 4.06. The summed E-state index contributed by atoms with van der Waals surface area (Å²) in [4.78, 5) is 3.65. The van der Waals surface area contributed by atoms with Gasteiger partial charge in [-0.3, -0.25) is 0 Å². The van der Waals surface area contributed by atoms with Crippen molar-refractivity contribution in [3.63, 3.8) is 0 Å². The molecule has 0 aliphatic heterocycles. The minimum absolute atomic E-state index is 1.19. The predicted molar refractivity (Wildman–Crippen MR) is 114 cm³/mol. The van der Waals surface area contributed by atoms with E-state index in [-0.39, 0.29) is 0 Å². The number of hydrogen-bond donors (Lipinski definition) is 1. The molecule has 0 saturated carbocycles. The van der Waals surface area contributed by atoms with Crippen LogP contribution in [0.2, 0.25) is 0 Å². The van der Waals surface area contributed by atoms with Crippen LogP contribution in [-0.2, 0) is 0 Å². The topological polar surface area (TPSA) is 15.8 Å². The molecule has 2 heteroatoms. The van der Waals surface area contributed by atoms with Crippen LogP contribution in [0.25, 0.3) is 53.1 Å². The Kier molecular flexibility index (Phi) is 2.82. The zero-order valence-electron chi connectivity index (χ0n) is 14.0. The Morgan fingerprint density at radius 2 is 1.23 bits per heavy atom. The highest BCUT2D eigenvalue weighted by atomic mass is 32.1. The monoisotopic (exact) mass is 349 g/mol. The lowest BCUT2D eigenvalue weighted by atomic mass is 10.00.